The molecule has 0 heterocycles. The number of carbonyl (C=O) groups is 2. The van der Waals surface area contributed by atoms with Gasteiger partial charge in [0, 0.05) is 11.9 Å². The third kappa shape index (κ3) is 3.14. The largest absolute Gasteiger partial charge is 0.550 e. The molecule has 6 heteroatoms. The number of carboxylic acids is 1. The maximum atomic E-state index is 12.2. The highest BCUT2D eigenvalue weighted by Crippen LogP contribution is 2.31. The molecule has 0 fully saturated rings. The quantitative estimate of drug-likeness (QED) is 0.870. The van der Waals surface area contributed by atoms with Gasteiger partial charge in [-0.15, -0.1) is 0 Å². The van der Waals surface area contributed by atoms with Gasteiger partial charge in [-0.1, -0.05) is 41.4 Å². The van der Waals surface area contributed by atoms with Gasteiger partial charge in [0.25, 0.3) is 0 Å². The number of carbonyl (C=O) groups excluding carboxylic acids is 2. The van der Waals surface area contributed by atoms with Crippen molar-refractivity contribution in [3.8, 4) is 0 Å². The lowest BCUT2D eigenvalue weighted by atomic mass is 9.82. The van der Waals surface area contributed by atoms with Gasteiger partial charge in [-0.2, -0.15) is 0 Å². The van der Waals surface area contributed by atoms with Gasteiger partial charge in [-0.05, 0) is 25.0 Å². The Labute approximate surface area is 126 Å². The van der Waals surface area contributed by atoms with Crippen LogP contribution in [0.4, 0.5) is 5.69 Å². The molecular formula is C14H12Cl2NO3-. The number of hydrogen-bond acceptors (Lipinski definition) is 3. The van der Waals surface area contributed by atoms with Crippen molar-refractivity contribution in [3.63, 3.8) is 0 Å². The van der Waals surface area contributed by atoms with Gasteiger partial charge >= 0.3 is 0 Å². The number of nitrogens with one attached hydrogen (secondary N) is 1. The lowest BCUT2D eigenvalue weighted by molar-refractivity contribution is -0.313. The summed E-state index contributed by atoms with van der Waals surface area (Å²) in [6.07, 6.45) is 4.20. The zero-order valence-electron chi connectivity index (χ0n) is 10.4. The third-order valence-corrected chi connectivity index (χ3v) is 4.10. The highest BCUT2D eigenvalue weighted by molar-refractivity contribution is 6.44. The predicted octanol–water partition coefficient (Wildman–Crippen LogP) is 2.26. The van der Waals surface area contributed by atoms with Gasteiger partial charge in [0.15, 0.2) is 0 Å². The van der Waals surface area contributed by atoms with E-state index in [0.29, 0.717) is 23.6 Å². The summed E-state index contributed by atoms with van der Waals surface area (Å²) >= 11 is 11.8. The minimum atomic E-state index is -1.22. The first-order valence-electron chi connectivity index (χ1n) is 6.11. The number of aliphatic carboxylic acids is 1. The minimum absolute atomic E-state index is 0.235. The molecule has 1 aromatic carbocycles. The highest BCUT2D eigenvalue weighted by atomic mass is 35.5. The van der Waals surface area contributed by atoms with E-state index in [4.69, 9.17) is 23.2 Å². The van der Waals surface area contributed by atoms with Crippen molar-refractivity contribution in [3.05, 3.63) is 40.4 Å². The molecule has 2 rings (SSSR count). The molecule has 0 spiro atoms. The molecule has 2 atom stereocenters. The molecule has 1 amide bonds. The summed E-state index contributed by atoms with van der Waals surface area (Å²) in [5.74, 6) is -3.10. The molecule has 0 radical (unpaired) electrons. The van der Waals surface area contributed by atoms with Gasteiger partial charge < -0.3 is 15.2 Å². The van der Waals surface area contributed by atoms with Gasteiger partial charge in [0.05, 0.1) is 21.7 Å². The fraction of sp³-hybridized carbons (Fsp3) is 0.286. The van der Waals surface area contributed by atoms with Crippen LogP contribution >= 0.6 is 23.2 Å². The van der Waals surface area contributed by atoms with Gasteiger partial charge in [-0.3, -0.25) is 4.79 Å². The number of amides is 1. The summed E-state index contributed by atoms with van der Waals surface area (Å²) in [6, 6.07) is 4.87. The smallest absolute Gasteiger partial charge is 0.228 e. The molecule has 1 N–H and O–H groups in total. The number of allylic oxidation sites excluding steroid dienone is 2. The van der Waals surface area contributed by atoms with Crippen molar-refractivity contribution in [2.45, 2.75) is 12.8 Å². The molecule has 0 saturated carbocycles. The molecule has 0 saturated heterocycles. The Bertz CT molecular complexity index is 572. The molecule has 0 unspecified atom stereocenters. The van der Waals surface area contributed by atoms with E-state index in [1.165, 1.54) is 0 Å². The van der Waals surface area contributed by atoms with Crippen LogP contribution in [-0.2, 0) is 9.59 Å². The van der Waals surface area contributed by atoms with E-state index >= 15 is 0 Å². The summed E-state index contributed by atoms with van der Waals surface area (Å²) in [5, 5.41) is 14.3. The van der Waals surface area contributed by atoms with E-state index in [2.05, 4.69) is 5.32 Å². The zero-order valence-corrected chi connectivity index (χ0v) is 11.9. The Morgan fingerprint density at radius 1 is 1.15 bits per heavy atom. The summed E-state index contributed by atoms with van der Waals surface area (Å²) < 4.78 is 0. The van der Waals surface area contributed by atoms with Crippen molar-refractivity contribution in [2.24, 2.45) is 11.8 Å². The minimum Gasteiger partial charge on any atom is -0.550 e. The van der Waals surface area contributed by atoms with Crippen LogP contribution < -0.4 is 10.4 Å². The average Bonchev–Trinajstić information content (AvgIpc) is 2.43. The third-order valence-electron chi connectivity index (χ3n) is 3.28. The lowest BCUT2D eigenvalue weighted by Crippen LogP contribution is -2.41. The van der Waals surface area contributed by atoms with Crippen LogP contribution in [-0.4, -0.2) is 11.9 Å². The fourth-order valence-electron chi connectivity index (χ4n) is 2.19. The first-order valence-corrected chi connectivity index (χ1v) is 6.87. The van der Waals surface area contributed by atoms with E-state index in [1.807, 2.05) is 0 Å². The molecule has 106 valence electrons. The number of halogens is 2. The molecule has 1 aliphatic carbocycles. The maximum Gasteiger partial charge on any atom is 0.228 e. The second-order valence-electron chi connectivity index (χ2n) is 4.57. The molecule has 4 nitrogen and oxygen atoms in total. The van der Waals surface area contributed by atoms with Gasteiger partial charge in [-0.25, -0.2) is 0 Å². The summed E-state index contributed by atoms with van der Waals surface area (Å²) in [6.45, 7) is 0. The standard InChI is InChI=1S/C14H13Cl2NO3/c15-10-6-3-7-11(12(10)16)17-13(18)8-4-1-2-5-9(8)14(19)20/h1-3,6-9H,4-5H2,(H,17,18)(H,19,20)/p-1/t8-,9+/m1/s1. The highest BCUT2D eigenvalue weighted by Gasteiger charge is 2.30. The summed E-state index contributed by atoms with van der Waals surface area (Å²) in [4.78, 5) is 23.3. The first kappa shape index (κ1) is 14.9. The Morgan fingerprint density at radius 2 is 1.80 bits per heavy atom. The molecule has 0 aliphatic heterocycles. The monoisotopic (exact) mass is 312 g/mol. The van der Waals surface area contributed by atoms with Crippen LogP contribution in [0, 0.1) is 11.8 Å². The predicted molar refractivity (Wildman–Crippen MR) is 75.5 cm³/mol. The Kier molecular flexibility index (Phi) is 4.68. The van der Waals surface area contributed by atoms with Crippen LogP contribution in [0.5, 0.6) is 0 Å². The topological polar surface area (TPSA) is 69.2 Å². The number of anilines is 1. The summed E-state index contributed by atoms with van der Waals surface area (Å²) in [5.41, 5.74) is 0.371. The van der Waals surface area contributed by atoms with Crippen molar-refractivity contribution in [2.75, 3.05) is 5.32 Å². The van der Waals surface area contributed by atoms with Crippen molar-refractivity contribution in [1.82, 2.24) is 0 Å². The van der Waals surface area contributed by atoms with Crippen LogP contribution in [0.15, 0.2) is 30.4 Å². The molecule has 1 aliphatic rings. The SMILES string of the molecule is O=C([O-])[C@H]1CC=CC[C@H]1C(=O)Nc1cccc(Cl)c1Cl. The zero-order chi connectivity index (χ0) is 14.7. The Morgan fingerprint density at radius 3 is 2.45 bits per heavy atom. The number of rotatable bonds is 3. The van der Waals surface area contributed by atoms with Crippen LogP contribution in [0.25, 0.3) is 0 Å². The fourth-order valence-corrected chi connectivity index (χ4v) is 2.54. The number of carboxylic acid groups (broad SMARTS) is 1. The molecule has 0 aromatic heterocycles. The maximum absolute atomic E-state index is 12.2. The van der Waals surface area contributed by atoms with Crippen molar-refractivity contribution in [1.29, 1.82) is 0 Å². The average molecular weight is 313 g/mol. The van der Waals surface area contributed by atoms with Crippen LogP contribution in [0.1, 0.15) is 12.8 Å². The van der Waals surface area contributed by atoms with E-state index < -0.39 is 23.7 Å². The molecule has 0 bridgehead atoms. The normalized spacial score (nSPS) is 21.5. The van der Waals surface area contributed by atoms with Crippen molar-refractivity contribution < 1.29 is 14.7 Å². The molecular weight excluding hydrogens is 301 g/mol. The Balaban J connectivity index is 2.17. The lowest BCUT2D eigenvalue weighted by Gasteiger charge is -2.28. The van der Waals surface area contributed by atoms with E-state index in [9.17, 15) is 14.7 Å². The van der Waals surface area contributed by atoms with E-state index in [-0.39, 0.29) is 5.02 Å². The van der Waals surface area contributed by atoms with E-state index in [1.54, 1.807) is 30.4 Å². The van der Waals surface area contributed by atoms with E-state index in [0.717, 1.165) is 0 Å². The molecule has 1 aromatic rings. The number of benzene rings is 1. The van der Waals surface area contributed by atoms with Gasteiger partial charge in [0.1, 0.15) is 0 Å². The number of hydrogen-bond donors (Lipinski definition) is 1. The second kappa shape index (κ2) is 6.29. The molecule has 20 heavy (non-hydrogen) atoms. The second-order valence-corrected chi connectivity index (χ2v) is 5.35. The van der Waals surface area contributed by atoms with Crippen LogP contribution in [0.2, 0.25) is 10.0 Å². The first-order chi connectivity index (χ1) is 9.50. The van der Waals surface area contributed by atoms with Crippen molar-refractivity contribution >= 4 is 40.8 Å². The van der Waals surface area contributed by atoms with Gasteiger partial charge in [0.2, 0.25) is 5.91 Å². The Hall–Kier alpha value is -1.52. The summed E-state index contributed by atoms with van der Waals surface area (Å²) in [7, 11) is 0. The van der Waals surface area contributed by atoms with Crippen LogP contribution in [0.3, 0.4) is 0 Å².